The Morgan fingerprint density at radius 3 is 2.58 bits per heavy atom. The first-order valence-corrected chi connectivity index (χ1v) is 11.9. The van der Waals surface area contributed by atoms with E-state index in [1.165, 1.54) is 5.56 Å². The summed E-state index contributed by atoms with van der Waals surface area (Å²) in [5, 5.41) is 15.0. The number of benzene rings is 3. The van der Waals surface area contributed by atoms with Gasteiger partial charge in [0, 0.05) is 23.8 Å². The summed E-state index contributed by atoms with van der Waals surface area (Å²) >= 11 is 0. The molecule has 178 valence electrons. The van der Waals surface area contributed by atoms with Crippen LogP contribution in [0.4, 0.5) is 11.4 Å². The molecule has 0 saturated carbocycles. The molecule has 0 fully saturated rings. The van der Waals surface area contributed by atoms with E-state index in [4.69, 9.17) is 0 Å². The van der Waals surface area contributed by atoms with Gasteiger partial charge in [0.2, 0.25) is 0 Å². The maximum Gasteiger partial charge on any atom is 0.253 e. The summed E-state index contributed by atoms with van der Waals surface area (Å²) in [6.07, 6.45) is 5.65. The summed E-state index contributed by atoms with van der Waals surface area (Å²) in [7, 11) is 0. The summed E-state index contributed by atoms with van der Waals surface area (Å²) in [6.45, 7) is 2.67. The summed E-state index contributed by atoms with van der Waals surface area (Å²) in [4.78, 5) is 17.3. The van der Waals surface area contributed by atoms with E-state index in [2.05, 4.69) is 44.9 Å². The van der Waals surface area contributed by atoms with E-state index < -0.39 is 0 Å². The number of hydrogen-bond acceptors (Lipinski definition) is 4. The Kier molecular flexibility index (Phi) is 6.85. The number of anilines is 2. The maximum absolute atomic E-state index is 13.0. The van der Waals surface area contributed by atoms with Crippen molar-refractivity contribution in [3.8, 4) is 0 Å². The number of rotatable bonds is 8. The van der Waals surface area contributed by atoms with Crippen LogP contribution in [0.25, 0.3) is 23.1 Å². The minimum atomic E-state index is -0.106. The Balaban J connectivity index is 1.29. The van der Waals surface area contributed by atoms with E-state index in [-0.39, 0.29) is 11.8 Å². The lowest BCUT2D eigenvalue weighted by Crippen LogP contribution is -2.28. The smallest absolute Gasteiger partial charge is 0.253 e. The van der Waals surface area contributed by atoms with Gasteiger partial charge in [0.15, 0.2) is 0 Å². The SMILES string of the molecule is CC(CNC(=O)c1ccccc1Nc1ccc2c(/C=C/c3ccccn3)n[nH]c2c1)c1ccccc1. The Labute approximate surface area is 210 Å². The van der Waals surface area contributed by atoms with E-state index in [0.717, 1.165) is 33.7 Å². The Morgan fingerprint density at radius 2 is 1.75 bits per heavy atom. The number of hydrogen-bond donors (Lipinski definition) is 3. The van der Waals surface area contributed by atoms with Crippen LogP contribution in [-0.4, -0.2) is 27.6 Å². The highest BCUT2D eigenvalue weighted by atomic mass is 16.1. The average molecular weight is 474 g/mol. The number of aromatic nitrogens is 3. The molecule has 5 aromatic rings. The van der Waals surface area contributed by atoms with Gasteiger partial charge in [-0.15, -0.1) is 0 Å². The topological polar surface area (TPSA) is 82.7 Å². The van der Waals surface area contributed by atoms with Crippen molar-refractivity contribution in [2.45, 2.75) is 12.8 Å². The van der Waals surface area contributed by atoms with Crippen LogP contribution in [0.3, 0.4) is 0 Å². The molecular weight excluding hydrogens is 446 g/mol. The van der Waals surface area contributed by atoms with Crippen molar-refractivity contribution < 1.29 is 4.79 Å². The Hall–Kier alpha value is -4.71. The van der Waals surface area contributed by atoms with Gasteiger partial charge in [-0.05, 0) is 66.1 Å². The van der Waals surface area contributed by atoms with Crippen LogP contribution >= 0.6 is 0 Å². The van der Waals surface area contributed by atoms with Gasteiger partial charge in [0.1, 0.15) is 0 Å². The number of amides is 1. The second-order valence-corrected chi connectivity index (χ2v) is 8.65. The normalized spacial score (nSPS) is 12.0. The standard InChI is InChI=1S/C30H27N5O/c1-21(22-9-3-2-4-10-22)20-32-30(36)26-12-5-6-13-27(26)33-24-14-16-25-28(34-35-29(25)19-24)17-15-23-11-7-8-18-31-23/h2-19,21,33H,20H2,1H3,(H,32,36)(H,34,35)/b17-15+. The first-order chi connectivity index (χ1) is 17.7. The summed E-state index contributed by atoms with van der Waals surface area (Å²) in [6, 6.07) is 29.5. The second kappa shape index (κ2) is 10.7. The van der Waals surface area contributed by atoms with Crippen molar-refractivity contribution >= 4 is 40.3 Å². The lowest BCUT2D eigenvalue weighted by Gasteiger charge is -2.15. The molecule has 0 radical (unpaired) electrons. The van der Waals surface area contributed by atoms with Crippen molar-refractivity contribution in [2.24, 2.45) is 0 Å². The van der Waals surface area contributed by atoms with Gasteiger partial charge < -0.3 is 10.6 Å². The van der Waals surface area contributed by atoms with Gasteiger partial charge in [-0.2, -0.15) is 5.10 Å². The molecule has 1 unspecified atom stereocenters. The highest BCUT2D eigenvalue weighted by Crippen LogP contribution is 2.26. The molecule has 6 nitrogen and oxygen atoms in total. The molecule has 2 heterocycles. The van der Waals surface area contributed by atoms with Crippen molar-refractivity contribution in [1.82, 2.24) is 20.5 Å². The van der Waals surface area contributed by atoms with Crippen LogP contribution in [0.5, 0.6) is 0 Å². The third-order valence-corrected chi connectivity index (χ3v) is 6.08. The largest absolute Gasteiger partial charge is 0.355 e. The van der Waals surface area contributed by atoms with Gasteiger partial charge in [-0.1, -0.05) is 55.5 Å². The van der Waals surface area contributed by atoms with Crippen LogP contribution in [0.2, 0.25) is 0 Å². The van der Waals surface area contributed by atoms with E-state index >= 15 is 0 Å². The third kappa shape index (κ3) is 5.33. The third-order valence-electron chi connectivity index (χ3n) is 6.08. The number of aromatic amines is 1. The lowest BCUT2D eigenvalue weighted by atomic mass is 10.0. The van der Waals surface area contributed by atoms with Gasteiger partial charge >= 0.3 is 0 Å². The van der Waals surface area contributed by atoms with Crippen molar-refractivity contribution in [2.75, 3.05) is 11.9 Å². The molecule has 0 spiro atoms. The molecule has 0 aliphatic carbocycles. The first-order valence-electron chi connectivity index (χ1n) is 11.9. The molecule has 2 aromatic heterocycles. The minimum Gasteiger partial charge on any atom is -0.355 e. The number of para-hydroxylation sites is 1. The fraction of sp³-hybridized carbons (Fsp3) is 0.100. The fourth-order valence-corrected chi connectivity index (χ4v) is 4.07. The van der Waals surface area contributed by atoms with Crippen LogP contribution in [0.1, 0.15) is 40.2 Å². The summed E-state index contributed by atoms with van der Waals surface area (Å²) in [5.41, 5.74) is 6.03. The number of carbonyl (C=O) groups is 1. The first kappa shape index (κ1) is 23.1. The van der Waals surface area contributed by atoms with E-state index in [9.17, 15) is 4.79 Å². The fourth-order valence-electron chi connectivity index (χ4n) is 4.07. The molecule has 3 aromatic carbocycles. The zero-order chi connectivity index (χ0) is 24.7. The molecule has 5 rings (SSSR count). The maximum atomic E-state index is 13.0. The molecule has 0 aliphatic rings. The summed E-state index contributed by atoms with van der Waals surface area (Å²) < 4.78 is 0. The second-order valence-electron chi connectivity index (χ2n) is 8.65. The lowest BCUT2D eigenvalue weighted by molar-refractivity contribution is 0.0952. The molecule has 0 bridgehead atoms. The zero-order valence-corrected chi connectivity index (χ0v) is 20.0. The van der Waals surface area contributed by atoms with Crippen molar-refractivity contribution in [3.05, 3.63) is 120 Å². The minimum absolute atomic E-state index is 0.106. The quantitative estimate of drug-likeness (QED) is 0.243. The predicted octanol–water partition coefficient (Wildman–Crippen LogP) is 6.41. The molecule has 36 heavy (non-hydrogen) atoms. The Bertz CT molecular complexity index is 1490. The van der Waals surface area contributed by atoms with Crippen LogP contribution in [0.15, 0.2) is 97.2 Å². The number of nitrogens with one attached hydrogen (secondary N) is 3. The highest BCUT2D eigenvalue weighted by Gasteiger charge is 2.14. The number of pyridine rings is 1. The average Bonchev–Trinajstić information content (AvgIpc) is 3.34. The van der Waals surface area contributed by atoms with E-state index in [1.807, 2.05) is 91.0 Å². The van der Waals surface area contributed by atoms with Gasteiger partial charge in [-0.25, -0.2) is 0 Å². The number of fused-ring (bicyclic) bond motifs is 1. The Morgan fingerprint density at radius 1 is 0.944 bits per heavy atom. The van der Waals surface area contributed by atoms with Gasteiger partial charge in [0.25, 0.3) is 5.91 Å². The number of nitrogens with zero attached hydrogens (tertiary/aromatic N) is 2. The predicted molar refractivity (Wildman–Crippen MR) is 146 cm³/mol. The molecule has 0 saturated heterocycles. The zero-order valence-electron chi connectivity index (χ0n) is 20.0. The van der Waals surface area contributed by atoms with Crippen molar-refractivity contribution in [3.63, 3.8) is 0 Å². The highest BCUT2D eigenvalue weighted by molar-refractivity contribution is 6.00. The number of H-pyrrole nitrogens is 1. The molecule has 1 atom stereocenters. The molecule has 0 aliphatic heterocycles. The monoisotopic (exact) mass is 473 g/mol. The van der Waals surface area contributed by atoms with Crippen LogP contribution < -0.4 is 10.6 Å². The molecule has 1 amide bonds. The molecule has 3 N–H and O–H groups in total. The summed E-state index contributed by atoms with van der Waals surface area (Å²) in [5.74, 6) is 0.115. The molecule has 6 heteroatoms. The van der Waals surface area contributed by atoms with E-state index in [0.29, 0.717) is 12.1 Å². The molecular formula is C30H27N5O. The van der Waals surface area contributed by atoms with Crippen LogP contribution in [0, 0.1) is 0 Å². The number of carbonyl (C=O) groups excluding carboxylic acids is 1. The van der Waals surface area contributed by atoms with Gasteiger partial charge in [-0.3, -0.25) is 14.9 Å². The van der Waals surface area contributed by atoms with Gasteiger partial charge in [0.05, 0.1) is 28.2 Å². The van der Waals surface area contributed by atoms with Crippen molar-refractivity contribution in [1.29, 1.82) is 0 Å². The van der Waals surface area contributed by atoms with Crippen LogP contribution in [-0.2, 0) is 0 Å². The van der Waals surface area contributed by atoms with E-state index in [1.54, 1.807) is 6.20 Å².